The lowest BCUT2D eigenvalue weighted by molar-refractivity contribution is 0.271. The number of rotatable bonds is 0. The smallest absolute Gasteiger partial charge is 0.142 e. The van der Waals surface area contributed by atoms with Gasteiger partial charge >= 0.3 is 0 Å². The lowest BCUT2D eigenvalue weighted by atomic mass is 9.76. The predicted octanol–water partition coefficient (Wildman–Crippen LogP) is 4.95. The zero-order valence-electron chi connectivity index (χ0n) is 9.33. The largest absolute Gasteiger partial charge is 0.315 e. The number of benzene rings is 1. The van der Waals surface area contributed by atoms with E-state index in [9.17, 15) is 0 Å². The minimum absolute atomic E-state index is 0.652. The Morgan fingerprint density at radius 2 is 2.06 bits per heavy atom. The monoisotopic (exact) mass is 526 g/mol. The summed E-state index contributed by atoms with van der Waals surface area (Å²) in [6.07, 6.45) is 2.54. The van der Waals surface area contributed by atoms with Crippen molar-refractivity contribution in [1.82, 2.24) is 9.55 Å². The Morgan fingerprint density at radius 1 is 1.28 bits per heavy atom. The average Bonchev–Trinajstić information content (AvgIpc) is 2.45. The molecule has 2 nitrogen and oxygen atoms in total. The van der Waals surface area contributed by atoms with Crippen LogP contribution in [0.1, 0.15) is 30.4 Å². The van der Waals surface area contributed by atoms with Gasteiger partial charge in [0.2, 0.25) is 0 Å². The Balaban J connectivity index is 2.08. The van der Waals surface area contributed by atoms with Crippen molar-refractivity contribution in [3.63, 3.8) is 0 Å². The van der Waals surface area contributed by atoms with E-state index in [0.29, 0.717) is 6.04 Å². The molecule has 1 fully saturated rings. The van der Waals surface area contributed by atoms with Crippen LogP contribution in [0.2, 0.25) is 0 Å². The summed E-state index contributed by atoms with van der Waals surface area (Å²) in [7, 11) is 0. The number of hydrogen-bond acceptors (Lipinski definition) is 1. The third-order valence-corrected chi connectivity index (χ3v) is 7.30. The summed E-state index contributed by atoms with van der Waals surface area (Å²) < 4.78 is 6.00. The van der Waals surface area contributed by atoms with E-state index < -0.39 is 0 Å². The second-order valence-electron chi connectivity index (χ2n) is 4.94. The van der Waals surface area contributed by atoms with Gasteiger partial charge in [0.15, 0.2) is 0 Å². The van der Waals surface area contributed by atoms with Crippen molar-refractivity contribution < 1.29 is 0 Å². The fourth-order valence-electron chi connectivity index (χ4n) is 3.04. The fourth-order valence-corrected chi connectivity index (χ4v) is 4.63. The molecule has 3 aliphatic rings. The summed E-state index contributed by atoms with van der Waals surface area (Å²) in [5.41, 5.74) is 2.79. The molecule has 1 aromatic carbocycles. The summed E-state index contributed by atoms with van der Waals surface area (Å²) in [5.74, 6) is 1.89. The van der Waals surface area contributed by atoms with Crippen molar-refractivity contribution in [2.24, 2.45) is 0 Å². The first kappa shape index (κ1) is 12.1. The first-order valence-corrected chi connectivity index (χ1v) is 8.83. The minimum atomic E-state index is 0.652. The lowest BCUT2D eigenvalue weighted by Gasteiger charge is -2.34. The van der Waals surface area contributed by atoms with E-state index >= 15 is 0 Å². The van der Waals surface area contributed by atoms with Gasteiger partial charge in [-0.05, 0) is 81.6 Å². The molecule has 0 N–H and O–H groups in total. The van der Waals surface area contributed by atoms with Gasteiger partial charge < -0.3 is 4.57 Å². The predicted molar refractivity (Wildman–Crippen MR) is 91.8 cm³/mol. The number of hydrogen-bond donors (Lipinski definition) is 0. The second kappa shape index (κ2) is 4.18. The Bertz CT molecular complexity index is 659. The van der Waals surface area contributed by atoms with E-state index in [-0.39, 0.29) is 0 Å². The van der Waals surface area contributed by atoms with Gasteiger partial charge in [-0.3, -0.25) is 0 Å². The lowest BCUT2D eigenvalue weighted by Crippen LogP contribution is -2.23. The third kappa shape index (κ3) is 1.59. The van der Waals surface area contributed by atoms with Gasteiger partial charge in [0.25, 0.3) is 0 Å². The number of nitrogens with zero attached hydrogens (tertiary/aromatic N) is 2. The van der Waals surface area contributed by atoms with Gasteiger partial charge in [-0.1, -0.05) is 22.0 Å². The molecule has 2 bridgehead atoms. The van der Waals surface area contributed by atoms with E-state index in [1.165, 1.54) is 27.7 Å². The van der Waals surface area contributed by atoms with Crippen molar-refractivity contribution in [1.29, 1.82) is 0 Å². The normalized spacial score (nSPS) is 23.9. The molecule has 0 atom stereocenters. The molecule has 0 spiro atoms. The highest BCUT2D eigenvalue weighted by atomic mass is 127. The van der Waals surface area contributed by atoms with Gasteiger partial charge in [-0.25, -0.2) is 4.98 Å². The number of imidazole rings is 1. The van der Waals surface area contributed by atoms with Crippen molar-refractivity contribution >= 4 is 61.1 Å². The molecule has 1 saturated carbocycles. The van der Waals surface area contributed by atoms with Crippen molar-refractivity contribution in [3.05, 3.63) is 35.6 Å². The highest BCUT2D eigenvalue weighted by molar-refractivity contribution is 14.1. The zero-order valence-corrected chi connectivity index (χ0v) is 15.2. The van der Waals surface area contributed by atoms with Gasteiger partial charge in [0.1, 0.15) is 13.2 Å². The van der Waals surface area contributed by atoms with Crippen molar-refractivity contribution in [2.45, 2.75) is 24.8 Å². The third-order valence-electron chi connectivity index (χ3n) is 3.99. The molecule has 5 rings (SSSR count). The quantitative estimate of drug-likeness (QED) is 0.444. The van der Waals surface area contributed by atoms with Gasteiger partial charge in [0, 0.05) is 16.1 Å². The van der Waals surface area contributed by atoms with Gasteiger partial charge in [-0.15, -0.1) is 0 Å². The van der Waals surface area contributed by atoms with Crippen LogP contribution < -0.4 is 0 Å². The van der Waals surface area contributed by atoms with Crippen molar-refractivity contribution in [2.75, 3.05) is 0 Å². The molecule has 1 aliphatic carbocycles. The molecular weight excluding hydrogens is 518 g/mol. The van der Waals surface area contributed by atoms with E-state index in [1.54, 1.807) is 0 Å². The highest BCUT2D eigenvalue weighted by Gasteiger charge is 2.39. The molecule has 5 heteroatoms. The number of halogens is 3. The highest BCUT2D eigenvalue weighted by Crippen LogP contribution is 2.53. The molecule has 92 valence electrons. The number of aromatic nitrogens is 2. The Kier molecular flexibility index (Phi) is 2.82. The maximum Gasteiger partial charge on any atom is 0.142 e. The van der Waals surface area contributed by atoms with Crippen molar-refractivity contribution in [3.8, 4) is 11.4 Å². The van der Waals surface area contributed by atoms with Crippen LogP contribution in [0.15, 0.2) is 22.7 Å². The Hall–Kier alpha value is 0.370. The molecule has 0 radical (unpaired) electrons. The molecule has 0 unspecified atom stereocenters. The first-order chi connectivity index (χ1) is 8.65. The zero-order chi connectivity index (χ0) is 12.4. The van der Waals surface area contributed by atoms with E-state index in [0.717, 1.165) is 19.9 Å². The summed E-state index contributed by atoms with van der Waals surface area (Å²) in [6.45, 7) is 0. The summed E-state index contributed by atoms with van der Waals surface area (Å²) in [5, 5.41) is 0. The Labute approximate surface area is 141 Å². The molecule has 18 heavy (non-hydrogen) atoms. The summed E-state index contributed by atoms with van der Waals surface area (Å²) in [6, 6.07) is 7.30. The molecule has 1 aromatic heterocycles. The van der Waals surface area contributed by atoms with Crippen LogP contribution in [0, 0.1) is 7.40 Å². The van der Waals surface area contributed by atoms with E-state index in [4.69, 9.17) is 4.98 Å². The second-order valence-corrected chi connectivity index (χ2v) is 7.90. The van der Waals surface area contributed by atoms with Crippen LogP contribution in [-0.4, -0.2) is 9.55 Å². The SMILES string of the molecule is Brc1ccc2c(c1)-c1nc(I)c(I)n1C1CC2C1. The van der Waals surface area contributed by atoms with Gasteiger partial charge in [0.05, 0.1) is 0 Å². The van der Waals surface area contributed by atoms with E-state index in [1.807, 2.05) is 0 Å². The standard InChI is InChI=1S/C13H9BrI2N2/c14-7-1-2-9-6-3-8(4-6)18-12(16)11(15)17-13(18)10(9)5-7/h1-2,5-6,8H,3-4H2. The summed E-state index contributed by atoms with van der Waals surface area (Å²) in [4.78, 5) is 4.79. The maximum absolute atomic E-state index is 4.79. The molecule has 0 saturated heterocycles. The van der Waals surface area contributed by atoms with Crippen LogP contribution in [0.4, 0.5) is 0 Å². The fraction of sp³-hybridized carbons (Fsp3) is 0.308. The van der Waals surface area contributed by atoms with Crippen LogP contribution in [-0.2, 0) is 0 Å². The van der Waals surface area contributed by atoms with Crippen LogP contribution >= 0.6 is 61.1 Å². The van der Waals surface area contributed by atoms with Crippen LogP contribution in [0.3, 0.4) is 0 Å². The Morgan fingerprint density at radius 3 is 2.83 bits per heavy atom. The van der Waals surface area contributed by atoms with Crippen LogP contribution in [0.5, 0.6) is 0 Å². The molecule has 3 heterocycles. The average molecular weight is 527 g/mol. The van der Waals surface area contributed by atoms with Gasteiger partial charge in [-0.2, -0.15) is 0 Å². The minimum Gasteiger partial charge on any atom is -0.315 e. The van der Waals surface area contributed by atoms with E-state index in [2.05, 4.69) is 83.9 Å². The molecule has 2 aliphatic heterocycles. The molecule has 2 aromatic rings. The maximum atomic E-state index is 4.79. The molecule has 0 amide bonds. The van der Waals surface area contributed by atoms with Crippen LogP contribution in [0.25, 0.3) is 11.4 Å². The topological polar surface area (TPSA) is 17.8 Å². The summed E-state index contributed by atoms with van der Waals surface area (Å²) >= 11 is 8.36. The molecular formula is C13H9BrI2N2. The first-order valence-electron chi connectivity index (χ1n) is 5.88.